The van der Waals surface area contributed by atoms with Gasteiger partial charge < -0.3 is 4.90 Å². The zero-order valence-corrected chi connectivity index (χ0v) is 13.3. The highest BCUT2D eigenvalue weighted by Crippen LogP contribution is 2.31. The van der Waals surface area contributed by atoms with Crippen LogP contribution in [-0.2, 0) is 0 Å². The van der Waals surface area contributed by atoms with Crippen LogP contribution in [0.4, 0.5) is 0 Å². The second-order valence-corrected chi connectivity index (χ2v) is 6.48. The molecule has 0 saturated carbocycles. The fourth-order valence-corrected chi connectivity index (χ4v) is 3.78. The molecular formula is C16H16N4O2S. The lowest BCUT2D eigenvalue weighted by Gasteiger charge is -2.35. The summed E-state index contributed by atoms with van der Waals surface area (Å²) in [6, 6.07) is 5.01. The van der Waals surface area contributed by atoms with Crippen molar-refractivity contribution in [2.75, 3.05) is 6.54 Å². The van der Waals surface area contributed by atoms with Gasteiger partial charge in [-0.3, -0.25) is 14.7 Å². The number of carbonyl (C=O) groups excluding carboxylic acids is 1. The molecule has 0 radical (unpaired) electrons. The van der Waals surface area contributed by atoms with E-state index in [1.54, 1.807) is 12.3 Å². The van der Waals surface area contributed by atoms with Gasteiger partial charge >= 0.3 is 0 Å². The Bertz CT molecular complexity index is 896. The van der Waals surface area contributed by atoms with E-state index in [2.05, 4.69) is 10.1 Å². The highest BCUT2D eigenvalue weighted by molar-refractivity contribution is 7.08. The van der Waals surface area contributed by atoms with Crippen LogP contribution in [-0.4, -0.2) is 31.9 Å². The maximum Gasteiger partial charge on any atom is 0.272 e. The molecule has 0 spiro atoms. The SMILES string of the molecule is O=C(c1ccsc1)N1CCCCC1c1cc(=O)n2[nH]ccc2n1. The lowest BCUT2D eigenvalue weighted by molar-refractivity contribution is 0.0606. The van der Waals surface area contributed by atoms with Crippen molar-refractivity contribution in [2.45, 2.75) is 25.3 Å². The van der Waals surface area contributed by atoms with Crippen molar-refractivity contribution in [1.82, 2.24) is 19.5 Å². The summed E-state index contributed by atoms with van der Waals surface area (Å²) < 4.78 is 1.40. The molecule has 1 aliphatic rings. The van der Waals surface area contributed by atoms with Gasteiger partial charge in [-0.2, -0.15) is 11.3 Å². The van der Waals surface area contributed by atoms with Crippen molar-refractivity contribution in [3.8, 4) is 0 Å². The molecule has 4 rings (SSSR count). The zero-order chi connectivity index (χ0) is 15.8. The fourth-order valence-electron chi connectivity index (χ4n) is 3.15. The number of rotatable bonds is 2. The predicted molar refractivity (Wildman–Crippen MR) is 87.8 cm³/mol. The number of hydrogen-bond donors (Lipinski definition) is 1. The van der Waals surface area contributed by atoms with Crippen molar-refractivity contribution in [2.24, 2.45) is 0 Å². The van der Waals surface area contributed by atoms with Crippen LogP contribution in [0.5, 0.6) is 0 Å². The van der Waals surface area contributed by atoms with Crippen molar-refractivity contribution in [3.05, 3.63) is 56.8 Å². The molecule has 7 heteroatoms. The highest BCUT2D eigenvalue weighted by atomic mass is 32.1. The van der Waals surface area contributed by atoms with E-state index in [0.717, 1.165) is 19.3 Å². The third-order valence-electron chi connectivity index (χ3n) is 4.27. The molecule has 1 unspecified atom stereocenters. The molecule has 1 N–H and O–H groups in total. The molecule has 1 fully saturated rings. The van der Waals surface area contributed by atoms with Gasteiger partial charge in [0.2, 0.25) is 0 Å². The monoisotopic (exact) mass is 328 g/mol. The van der Waals surface area contributed by atoms with Crippen molar-refractivity contribution < 1.29 is 4.79 Å². The first kappa shape index (κ1) is 14.2. The third-order valence-corrected chi connectivity index (χ3v) is 4.96. The number of aromatic amines is 1. The number of likely N-dealkylation sites (tertiary alicyclic amines) is 1. The van der Waals surface area contributed by atoms with Crippen LogP contribution in [0.15, 0.2) is 40.0 Å². The number of fused-ring (bicyclic) bond motifs is 1. The topological polar surface area (TPSA) is 70.5 Å². The number of amides is 1. The molecule has 118 valence electrons. The van der Waals surface area contributed by atoms with E-state index in [1.165, 1.54) is 21.9 Å². The molecule has 3 aromatic heterocycles. The van der Waals surface area contributed by atoms with E-state index in [4.69, 9.17) is 0 Å². The Labute approximate surface area is 136 Å². The van der Waals surface area contributed by atoms with Crippen LogP contribution in [0.2, 0.25) is 0 Å². The molecule has 3 aromatic rings. The molecule has 1 aliphatic heterocycles. The minimum absolute atomic E-state index is 0.0204. The normalized spacial score (nSPS) is 18.4. The number of hydrogen-bond acceptors (Lipinski definition) is 4. The number of nitrogens with one attached hydrogen (secondary N) is 1. The Balaban J connectivity index is 1.74. The minimum Gasteiger partial charge on any atom is -0.330 e. The zero-order valence-electron chi connectivity index (χ0n) is 12.4. The molecule has 6 nitrogen and oxygen atoms in total. The van der Waals surface area contributed by atoms with Crippen molar-refractivity contribution in [1.29, 1.82) is 0 Å². The summed E-state index contributed by atoms with van der Waals surface area (Å²) in [5.74, 6) is 0.0204. The number of carbonyl (C=O) groups is 1. The summed E-state index contributed by atoms with van der Waals surface area (Å²) in [5.41, 5.74) is 1.82. The smallest absolute Gasteiger partial charge is 0.272 e. The first-order valence-corrected chi connectivity index (χ1v) is 8.58. The van der Waals surface area contributed by atoms with Crippen LogP contribution in [0.1, 0.15) is 41.4 Å². The van der Waals surface area contributed by atoms with E-state index in [1.807, 2.05) is 21.7 Å². The van der Waals surface area contributed by atoms with Crippen molar-refractivity contribution in [3.63, 3.8) is 0 Å². The Morgan fingerprint density at radius 2 is 2.26 bits per heavy atom. The number of thiophene rings is 1. The predicted octanol–water partition coefficient (Wildman–Crippen LogP) is 2.45. The number of aromatic nitrogens is 3. The molecule has 4 heterocycles. The average Bonchev–Trinajstić information content (AvgIpc) is 3.25. The molecule has 0 aromatic carbocycles. The van der Waals surface area contributed by atoms with Gasteiger partial charge in [0, 0.05) is 30.3 Å². The van der Waals surface area contributed by atoms with Gasteiger partial charge in [-0.25, -0.2) is 9.50 Å². The third kappa shape index (κ3) is 2.46. The molecule has 1 amide bonds. The van der Waals surface area contributed by atoms with Crippen LogP contribution < -0.4 is 5.56 Å². The second-order valence-electron chi connectivity index (χ2n) is 5.70. The molecule has 1 atom stereocenters. The van der Waals surface area contributed by atoms with E-state index in [0.29, 0.717) is 23.4 Å². The standard InChI is InChI=1S/C16H16N4O2S/c21-15-9-12(18-14-4-6-17-20(14)15)13-3-1-2-7-19(13)16(22)11-5-8-23-10-11/h4-6,8-10,13,17H,1-3,7H2. The second kappa shape index (κ2) is 5.66. The summed E-state index contributed by atoms with van der Waals surface area (Å²) >= 11 is 1.51. The molecule has 0 bridgehead atoms. The lowest BCUT2D eigenvalue weighted by atomic mass is 9.98. The Kier molecular flexibility index (Phi) is 3.49. The molecule has 1 saturated heterocycles. The fraction of sp³-hybridized carbons (Fsp3) is 0.312. The van der Waals surface area contributed by atoms with Gasteiger partial charge in [-0.15, -0.1) is 0 Å². The number of nitrogens with zero attached hydrogens (tertiary/aromatic N) is 3. The first-order chi connectivity index (χ1) is 11.2. The average molecular weight is 328 g/mol. The Hall–Kier alpha value is -2.41. The Morgan fingerprint density at radius 3 is 3.09 bits per heavy atom. The van der Waals surface area contributed by atoms with Crippen LogP contribution >= 0.6 is 11.3 Å². The van der Waals surface area contributed by atoms with E-state index < -0.39 is 0 Å². The number of piperidine rings is 1. The van der Waals surface area contributed by atoms with Crippen LogP contribution in [0.3, 0.4) is 0 Å². The summed E-state index contributed by atoms with van der Waals surface area (Å²) in [6.45, 7) is 0.702. The lowest BCUT2D eigenvalue weighted by Crippen LogP contribution is -2.39. The van der Waals surface area contributed by atoms with Crippen LogP contribution in [0.25, 0.3) is 5.65 Å². The number of H-pyrrole nitrogens is 1. The first-order valence-electron chi connectivity index (χ1n) is 7.64. The quantitative estimate of drug-likeness (QED) is 0.785. The summed E-state index contributed by atoms with van der Waals surface area (Å²) in [7, 11) is 0. The van der Waals surface area contributed by atoms with E-state index >= 15 is 0 Å². The van der Waals surface area contributed by atoms with Gasteiger partial charge in [0.05, 0.1) is 17.3 Å². The molecular weight excluding hydrogens is 312 g/mol. The maximum atomic E-state index is 12.8. The van der Waals surface area contributed by atoms with Gasteiger partial charge in [0.1, 0.15) is 0 Å². The minimum atomic E-state index is -0.150. The highest BCUT2D eigenvalue weighted by Gasteiger charge is 2.30. The van der Waals surface area contributed by atoms with Crippen molar-refractivity contribution >= 4 is 22.9 Å². The largest absolute Gasteiger partial charge is 0.330 e. The van der Waals surface area contributed by atoms with Crippen LogP contribution in [0, 0.1) is 0 Å². The Morgan fingerprint density at radius 1 is 1.35 bits per heavy atom. The van der Waals surface area contributed by atoms with E-state index in [-0.39, 0.29) is 17.5 Å². The summed E-state index contributed by atoms with van der Waals surface area (Å²) in [6.07, 6.45) is 4.54. The summed E-state index contributed by atoms with van der Waals surface area (Å²) in [5, 5.41) is 6.61. The van der Waals surface area contributed by atoms with Gasteiger partial charge in [-0.05, 0) is 30.7 Å². The molecule has 0 aliphatic carbocycles. The van der Waals surface area contributed by atoms with Gasteiger partial charge in [0.25, 0.3) is 11.5 Å². The van der Waals surface area contributed by atoms with Gasteiger partial charge in [-0.1, -0.05) is 0 Å². The van der Waals surface area contributed by atoms with E-state index in [9.17, 15) is 9.59 Å². The maximum absolute atomic E-state index is 12.8. The summed E-state index contributed by atoms with van der Waals surface area (Å²) in [4.78, 5) is 31.4. The molecule has 23 heavy (non-hydrogen) atoms. The van der Waals surface area contributed by atoms with Gasteiger partial charge in [0.15, 0.2) is 5.65 Å².